The lowest BCUT2D eigenvalue weighted by Gasteiger charge is -2.29. The second-order valence-corrected chi connectivity index (χ2v) is 7.89. The highest BCUT2D eigenvalue weighted by atomic mass is 32.2. The van der Waals surface area contributed by atoms with Gasteiger partial charge in [0.2, 0.25) is 6.54 Å². The number of hydrogen-bond acceptors (Lipinski definition) is 5. The van der Waals surface area contributed by atoms with Crippen LogP contribution in [0, 0.1) is 17.0 Å². The monoisotopic (exact) mass is 426 g/mol. The van der Waals surface area contributed by atoms with Crippen LogP contribution in [-0.2, 0) is 22.1 Å². The van der Waals surface area contributed by atoms with E-state index in [0.717, 1.165) is 5.56 Å². The Hall–Kier alpha value is -2.88. The normalized spacial score (nSPS) is 14.1. The number of nitrogens with one attached hydrogen (secondary N) is 1. The molecule has 29 heavy (non-hydrogen) atoms. The van der Waals surface area contributed by atoms with Crippen molar-refractivity contribution in [3.63, 3.8) is 0 Å². The van der Waals surface area contributed by atoms with Gasteiger partial charge < -0.3 is 10.1 Å². The second-order valence-electron chi connectivity index (χ2n) is 6.44. The lowest BCUT2D eigenvalue weighted by molar-refractivity contribution is -0.492. The van der Waals surface area contributed by atoms with Crippen molar-refractivity contribution >= 4 is 16.9 Å². The SMILES string of the molecule is Cc1ccc([S@](=O)CC(C[N+](=O)[O-])(NC(=O)OCc2ccccc2)C(F)F)cc1. The van der Waals surface area contributed by atoms with Gasteiger partial charge in [-0.1, -0.05) is 48.0 Å². The van der Waals surface area contributed by atoms with Crippen molar-refractivity contribution < 1.29 is 27.4 Å². The molecule has 0 aliphatic heterocycles. The molecule has 0 radical (unpaired) electrons. The van der Waals surface area contributed by atoms with Crippen LogP contribution in [0.1, 0.15) is 11.1 Å². The minimum Gasteiger partial charge on any atom is -0.445 e. The predicted molar refractivity (Wildman–Crippen MR) is 103 cm³/mol. The summed E-state index contributed by atoms with van der Waals surface area (Å²) in [6.45, 7) is 0.293. The van der Waals surface area contributed by atoms with Crippen molar-refractivity contribution in [2.24, 2.45) is 0 Å². The van der Waals surface area contributed by atoms with Crippen molar-refractivity contribution in [3.05, 3.63) is 75.8 Å². The Morgan fingerprint density at radius 2 is 1.83 bits per heavy atom. The van der Waals surface area contributed by atoms with E-state index in [1.165, 1.54) is 12.1 Å². The first-order chi connectivity index (χ1) is 13.7. The third kappa shape index (κ3) is 6.60. The summed E-state index contributed by atoms with van der Waals surface area (Å²) in [5.74, 6) is -0.838. The molecule has 0 saturated carbocycles. The molecule has 0 aromatic heterocycles. The minimum absolute atomic E-state index is 0.203. The maximum Gasteiger partial charge on any atom is 0.408 e. The molecule has 7 nitrogen and oxygen atoms in total. The molecule has 0 fully saturated rings. The number of nitrogens with zero attached hydrogens (tertiary/aromatic N) is 1. The maximum absolute atomic E-state index is 13.9. The highest BCUT2D eigenvalue weighted by Gasteiger charge is 2.48. The van der Waals surface area contributed by atoms with Gasteiger partial charge >= 0.3 is 6.09 Å². The van der Waals surface area contributed by atoms with Crippen molar-refractivity contribution in [1.29, 1.82) is 0 Å². The Morgan fingerprint density at radius 1 is 1.21 bits per heavy atom. The first-order valence-electron chi connectivity index (χ1n) is 8.56. The first-order valence-corrected chi connectivity index (χ1v) is 9.87. The number of alkyl halides is 2. The molecular formula is C19H20F2N2O5S. The summed E-state index contributed by atoms with van der Waals surface area (Å²) in [4.78, 5) is 22.4. The summed E-state index contributed by atoms with van der Waals surface area (Å²) < 4.78 is 45.2. The third-order valence-electron chi connectivity index (χ3n) is 4.07. The van der Waals surface area contributed by atoms with Crippen LogP contribution in [0.3, 0.4) is 0 Å². The van der Waals surface area contributed by atoms with Gasteiger partial charge in [0.1, 0.15) is 6.61 Å². The van der Waals surface area contributed by atoms with Gasteiger partial charge in [0, 0.05) is 9.82 Å². The Morgan fingerprint density at radius 3 is 2.38 bits per heavy atom. The second kappa shape index (κ2) is 10.1. The molecular weight excluding hydrogens is 406 g/mol. The summed E-state index contributed by atoms with van der Waals surface area (Å²) in [6, 6.07) is 14.8. The molecule has 1 unspecified atom stereocenters. The Kier molecular flexibility index (Phi) is 7.77. The number of alkyl carbamates (subject to hydrolysis) is 1. The molecule has 2 atom stereocenters. The Bertz CT molecular complexity index is 865. The van der Waals surface area contributed by atoms with Gasteiger partial charge in [-0.05, 0) is 24.6 Å². The fourth-order valence-corrected chi connectivity index (χ4v) is 3.87. The van der Waals surface area contributed by atoms with E-state index in [1.807, 2.05) is 5.32 Å². The third-order valence-corrected chi connectivity index (χ3v) is 5.64. The van der Waals surface area contributed by atoms with E-state index in [0.29, 0.717) is 5.56 Å². The molecule has 2 aromatic rings. The van der Waals surface area contributed by atoms with Gasteiger partial charge in [0.05, 0.1) is 16.6 Å². The quantitative estimate of drug-likeness (QED) is 0.490. The predicted octanol–water partition coefficient (Wildman–Crippen LogP) is 3.31. The van der Waals surface area contributed by atoms with Crippen LogP contribution in [0.15, 0.2) is 59.5 Å². The average molecular weight is 426 g/mol. The molecule has 10 heteroatoms. The van der Waals surface area contributed by atoms with Gasteiger partial charge in [-0.15, -0.1) is 0 Å². The minimum atomic E-state index is -3.34. The molecule has 1 amide bonds. The van der Waals surface area contributed by atoms with Crippen LogP contribution < -0.4 is 5.32 Å². The van der Waals surface area contributed by atoms with Gasteiger partial charge in [0.15, 0.2) is 5.54 Å². The van der Waals surface area contributed by atoms with Crippen LogP contribution in [0.2, 0.25) is 0 Å². The number of halogens is 2. The first kappa shape index (κ1) is 22.4. The van der Waals surface area contributed by atoms with Crippen molar-refractivity contribution in [3.8, 4) is 0 Å². The highest BCUT2D eigenvalue weighted by Crippen LogP contribution is 2.22. The average Bonchev–Trinajstić information content (AvgIpc) is 2.67. The van der Waals surface area contributed by atoms with E-state index in [9.17, 15) is 27.9 Å². The van der Waals surface area contributed by atoms with Crippen LogP contribution in [0.25, 0.3) is 0 Å². The van der Waals surface area contributed by atoms with E-state index in [-0.39, 0.29) is 11.5 Å². The zero-order chi connectivity index (χ0) is 21.4. The number of ether oxygens (including phenoxy) is 1. The van der Waals surface area contributed by atoms with Gasteiger partial charge in [-0.2, -0.15) is 0 Å². The largest absolute Gasteiger partial charge is 0.445 e. The van der Waals surface area contributed by atoms with E-state index in [2.05, 4.69) is 0 Å². The topological polar surface area (TPSA) is 98.5 Å². The van der Waals surface area contributed by atoms with Crippen LogP contribution in [-0.4, -0.2) is 39.5 Å². The number of nitro groups is 1. The van der Waals surface area contributed by atoms with Crippen LogP contribution in [0.4, 0.5) is 13.6 Å². The Labute approximate surface area is 168 Å². The summed E-state index contributed by atoms with van der Waals surface area (Å²) >= 11 is 0. The standard InChI is InChI=1S/C19H20F2N2O5S/c1-14-7-9-16(10-8-14)29(27)13-19(17(20)21,12-23(25)26)22-18(24)28-11-15-5-3-2-4-6-15/h2-10,17H,11-13H2,1H3,(H,22,24)/t19?,29-/m1/s1. The molecule has 0 aliphatic carbocycles. The summed E-state index contributed by atoms with van der Waals surface area (Å²) in [6.07, 6.45) is -4.59. The van der Waals surface area contributed by atoms with Gasteiger partial charge in [0.25, 0.3) is 6.43 Å². The van der Waals surface area contributed by atoms with Crippen molar-refractivity contribution in [2.45, 2.75) is 30.4 Å². The molecule has 0 heterocycles. The van der Waals surface area contributed by atoms with Gasteiger partial charge in [-0.3, -0.25) is 14.3 Å². The van der Waals surface area contributed by atoms with Gasteiger partial charge in [-0.25, -0.2) is 13.6 Å². The lowest BCUT2D eigenvalue weighted by Crippen LogP contribution is -2.61. The summed E-state index contributed by atoms with van der Waals surface area (Å²) in [5, 5.41) is 12.9. The van der Waals surface area contributed by atoms with E-state index >= 15 is 0 Å². The number of carbonyl (C=O) groups excluding carboxylic acids is 1. The van der Waals surface area contributed by atoms with Crippen LogP contribution >= 0.6 is 0 Å². The number of aryl methyl sites for hydroxylation is 1. The fraction of sp³-hybridized carbons (Fsp3) is 0.316. The molecule has 0 bridgehead atoms. The van der Waals surface area contributed by atoms with E-state index in [1.54, 1.807) is 49.4 Å². The Balaban J connectivity index is 2.17. The fourth-order valence-electron chi connectivity index (χ4n) is 2.51. The van der Waals surface area contributed by atoms with Crippen molar-refractivity contribution in [2.75, 3.05) is 12.3 Å². The molecule has 2 aromatic carbocycles. The molecule has 0 aliphatic rings. The summed E-state index contributed by atoms with van der Waals surface area (Å²) in [5.41, 5.74) is -1.16. The summed E-state index contributed by atoms with van der Waals surface area (Å²) in [7, 11) is -2.01. The molecule has 2 rings (SSSR count). The number of amides is 1. The molecule has 156 valence electrons. The molecule has 1 N–H and O–H groups in total. The molecule has 0 saturated heterocycles. The lowest BCUT2D eigenvalue weighted by atomic mass is 10.0. The smallest absolute Gasteiger partial charge is 0.408 e. The van der Waals surface area contributed by atoms with Crippen LogP contribution in [0.5, 0.6) is 0 Å². The highest BCUT2D eigenvalue weighted by molar-refractivity contribution is 7.85. The number of rotatable bonds is 9. The zero-order valence-electron chi connectivity index (χ0n) is 15.5. The number of carbonyl (C=O) groups is 1. The maximum atomic E-state index is 13.9. The van der Waals surface area contributed by atoms with E-state index < -0.39 is 46.1 Å². The number of hydrogen-bond donors (Lipinski definition) is 1. The molecule has 0 spiro atoms. The van der Waals surface area contributed by atoms with Crippen molar-refractivity contribution in [1.82, 2.24) is 5.32 Å². The van der Waals surface area contributed by atoms with E-state index in [4.69, 9.17) is 4.74 Å². The zero-order valence-corrected chi connectivity index (χ0v) is 16.4. The number of benzene rings is 2.